The molecule has 5 heteroatoms. The molecule has 0 bridgehead atoms. The minimum absolute atomic E-state index is 0.142. The number of rotatable bonds is 3. The average Bonchev–Trinajstić information content (AvgIpc) is 2.54. The van der Waals surface area contributed by atoms with Gasteiger partial charge in [-0.15, -0.1) is 0 Å². The molecule has 120 valence electrons. The Bertz CT molecular complexity index is 708. The molecule has 23 heavy (non-hydrogen) atoms. The number of ether oxygens (including phenoxy) is 3. The first kappa shape index (κ1) is 15.2. The van der Waals surface area contributed by atoms with E-state index >= 15 is 0 Å². The van der Waals surface area contributed by atoms with Crippen LogP contribution in [0, 0.1) is 0 Å². The van der Waals surface area contributed by atoms with Gasteiger partial charge in [0.1, 0.15) is 23.4 Å². The van der Waals surface area contributed by atoms with Crippen LogP contribution in [0.15, 0.2) is 42.5 Å². The highest BCUT2D eigenvalue weighted by atomic mass is 16.6. The first-order chi connectivity index (χ1) is 11.1. The molecule has 1 N–H and O–H groups in total. The standard InChI is InChI=1S/C18H18O5/c1-11(19)22-17-9-13-3-6-14(20)10-16(13)23-18(17)12-4-7-15(21-2)8-5-12/h3-8,10,17-18,20H,9H2,1-2H3/t17-,18+/m1/s1. The van der Waals surface area contributed by atoms with Gasteiger partial charge in [0.25, 0.3) is 0 Å². The molecule has 0 unspecified atom stereocenters. The first-order valence-corrected chi connectivity index (χ1v) is 7.36. The quantitative estimate of drug-likeness (QED) is 0.882. The second kappa shape index (κ2) is 6.20. The van der Waals surface area contributed by atoms with E-state index in [9.17, 15) is 9.90 Å². The van der Waals surface area contributed by atoms with Gasteiger partial charge in [-0.25, -0.2) is 0 Å². The minimum atomic E-state index is -0.431. The number of esters is 1. The summed E-state index contributed by atoms with van der Waals surface area (Å²) in [7, 11) is 1.60. The van der Waals surface area contributed by atoms with E-state index in [0.717, 1.165) is 16.9 Å². The summed E-state index contributed by atoms with van der Waals surface area (Å²) in [5.74, 6) is 1.14. The van der Waals surface area contributed by atoms with E-state index < -0.39 is 12.2 Å². The highest BCUT2D eigenvalue weighted by Crippen LogP contribution is 2.38. The van der Waals surface area contributed by atoms with Gasteiger partial charge in [-0.2, -0.15) is 0 Å². The van der Waals surface area contributed by atoms with Crippen LogP contribution in [-0.2, 0) is 16.0 Å². The van der Waals surface area contributed by atoms with Crippen molar-refractivity contribution in [1.29, 1.82) is 0 Å². The second-order valence-corrected chi connectivity index (χ2v) is 5.46. The number of aromatic hydroxyl groups is 1. The van der Waals surface area contributed by atoms with Crippen molar-refractivity contribution in [3.05, 3.63) is 53.6 Å². The SMILES string of the molecule is COc1ccc([C@@H]2Oc3cc(O)ccc3C[C@H]2OC(C)=O)cc1. The van der Waals surface area contributed by atoms with Gasteiger partial charge in [0.15, 0.2) is 6.10 Å². The van der Waals surface area contributed by atoms with Crippen LogP contribution < -0.4 is 9.47 Å². The predicted molar refractivity (Wildman–Crippen MR) is 83.7 cm³/mol. The molecule has 0 fully saturated rings. The van der Waals surface area contributed by atoms with Gasteiger partial charge in [0.05, 0.1) is 7.11 Å². The van der Waals surface area contributed by atoms with E-state index in [2.05, 4.69) is 0 Å². The zero-order valence-corrected chi connectivity index (χ0v) is 13.0. The van der Waals surface area contributed by atoms with E-state index in [1.54, 1.807) is 25.3 Å². The van der Waals surface area contributed by atoms with Crippen molar-refractivity contribution in [3.8, 4) is 17.2 Å². The fourth-order valence-electron chi connectivity index (χ4n) is 2.75. The van der Waals surface area contributed by atoms with Crippen LogP contribution in [0.3, 0.4) is 0 Å². The lowest BCUT2D eigenvalue weighted by molar-refractivity contribution is -0.152. The molecule has 0 aromatic heterocycles. The predicted octanol–water partition coefficient (Wildman–Crippen LogP) is 3.01. The highest BCUT2D eigenvalue weighted by molar-refractivity contribution is 5.66. The lowest BCUT2D eigenvalue weighted by Gasteiger charge is -2.33. The molecule has 2 aromatic rings. The topological polar surface area (TPSA) is 65.0 Å². The third-order valence-corrected chi connectivity index (χ3v) is 3.83. The van der Waals surface area contributed by atoms with Crippen LogP contribution in [0.4, 0.5) is 0 Å². The van der Waals surface area contributed by atoms with Crippen molar-refractivity contribution in [2.75, 3.05) is 7.11 Å². The first-order valence-electron chi connectivity index (χ1n) is 7.36. The molecular weight excluding hydrogens is 296 g/mol. The fourth-order valence-corrected chi connectivity index (χ4v) is 2.75. The summed E-state index contributed by atoms with van der Waals surface area (Å²) >= 11 is 0. The van der Waals surface area contributed by atoms with Crippen molar-refractivity contribution in [1.82, 2.24) is 0 Å². The molecular formula is C18H18O5. The van der Waals surface area contributed by atoms with Gasteiger partial charge in [-0.3, -0.25) is 4.79 Å². The average molecular weight is 314 g/mol. The molecule has 0 amide bonds. The number of carbonyl (C=O) groups is 1. The molecule has 1 aliphatic rings. The van der Waals surface area contributed by atoms with Crippen molar-refractivity contribution < 1.29 is 24.1 Å². The molecule has 0 aliphatic carbocycles. The summed E-state index contributed by atoms with van der Waals surface area (Å²) in [6.07, 6.45) is -0.316. The van der Waals surface area contributed by atoms with Crippen LogP contribution >= 0.6 is 0 Å². The Hall–Kier alpha value is -2.69. The largest absolute Gasteiger partial charge is 0.508 e. The molecule has 1 heterocycles. The Balaban J connectivity index is 1.95. The van der Waals surface area contributed by atoms with Crippen LogP contribution in [-0.4, -0.2) is 24.3 Å². The fraction of sp³-hybridized carbons (Fsp3) is 0.278. The molecule has 0 saturated heterocycles. The summed E-state index contributed by atoms with van der Waals surface area (Å²) in [6, 6.07) is 12.4. The van der Waals surface area contributed by atoms with E-state index in [4.69, 9.17) is 14.2 Å². The summed E-state index contributed by atoms with van der Waals surface area (Å²) in [5.41, 5.74) is 1.78. The van der Waals surface area contributed by atoms with E-state index in [1.807, 2.05) is 24.3 Å². The number of hydrogen-bond acceptors (Lipinski definition) is 5. The van der Waals surface area contributed by atoms with E-state index in [1.165, 1.54) is 6.92 Å². The molecule has 2 atom stereocenters. The normalized spacial score (nSPS) is 19.4. The molecule has 1 aliphatic heterocycles. The van der Waals surface area contributed by atoms with Crippen molar-refractivity contribution in [2.24, 2.45) is 0 Å². The smallest absolute Gasteiger partial charge is 0.303 e. The number of benzene rings is 2. The Morgan fingerprint density at radius 2 is 1.96 bits per heavy atom. The summed E-state index contributed by atoms with van der Waals surface area (Å²) < 4.78 is 16.6. The summed E-state index contributed by atoms with van der Waals surface area (Å²) in [6.45, 7) is 1.39. The number of phenolic OH excluding ortho intramolecular Hbond substituents is 1. The van der Waals surface area contributed by atoms with Gasteiger partial charge in [0.2, 0.25) is 0 Å². The van der Waals surface area contributed by atoms with Crippen molar-refractivity contribution >= 4 is 5.97 Å². The Morgan fingerprint density at radius 1 is 1.22 bits per heavy atom. The Morgan fingerprint density at radius 3 is 2.61 bits per heavy atom. The number of carbonyl (C=O) groups excluding carboxylic acids is 1. The molecule has 3 rings (SSSR count). The molecule has 0 radical (unpaired) electrons. The van der Waals surface area contributed by atoms with Gasteiger partial charge < -0.3 is 19.3 Å². The van der Waals surface area contributed by atoms with Gasteiger partial charge in [0, 0.05) is 19.4 Å². The number of hydrogen-bond donors (Lipinski definition) is 1. The Labute approximate surface area is 134 Å². The molecule has 0 spiro atoms. The van der Waals surface area contributed by atoms with Crippen LogP contribution in [0.25, 0.3) is 0 Å². The second-order valence-electron chi connectivity index (χ2n) is 5.46. The van der Waals surface area contributed by atoms with Crippen molar-refractivity contribution in [3.63, 3.8) is 0 Å². The zero-order valence-electron chi connectivity index (χ0n) is 13.0. The lowest BCUT2D eigenvalue weighted by Crippen LogP contribution is -2.34. The van der Waals surface area contributed by atoms with Gasteiger partial charge in [-0.05, 0) is 29.3 Å². The van der Waals surface area contributed by atoms with Gasteiger partial charge in [-0.1, -0.05) is 18.2 Å². The van der Waals surface area contributed by atoms with Crippen molar-refractivity contribution in [2.45, 2.75) is 25.6 Å². The third kappa shape index (κ3) is 3.23. The molecule has 2 aromatic carbocycles. The maximum atomic E-state index is 11.4. The van der Waals surface area contributed by atoms with Crippen LogP contribution in [0.1, 0.15) is 24.2 Å². The maximum Gasteiger partial charge on any atom is 0.303 e. The monoisotopic (exact) mass is 314 g/mol. The minimum Gasteiger partial charge on any atom is -0.508 e. The lowest BCUT2D eigenvalue weighted by atomic mass is 9.94. The Kier molecular flexibility index (Phi) is 4.10. The highest BCUT2D eigenvalue weighted by Gasteiger charge is 2.33. The van der Waals surface area contributed by atoms with Crippen LogP contribution in [0.2, 0.25) is 0 Å². The third-order valence-electron chi connectivity index (χ3n) is 3.83. The maximum absolute atomic E-state index is 11.4. The summed E-state index contributed by atoms with van der Waals surface area (Å²) in [5, 5.41) is 9.64. The number of methoxy groups -OCH3 is 1. The van der Waals surface area contributed by atoms with E-state index in [0.29, 0.717) is 12.2 Å². The summed E-state index contributed by atoms with van der Waals surface area (Å²) in [4.78, 5) is 11.4. The number of fused-ring (bicyclic) bond motifs is 1. The number of phenols is 1. The zero-order chi connectivity index (χ0) is 16.4. The molecule has 0 saturated carbocycles. The molecule has 5 nitrogen and oxygen atoms in total. The van der Waals surface area contributed by atoms with Gasteiger partial charge >= 0.3 is 5.97 Å². The van der Waals surface area contributed by atoms with E-state index in [-0.39, 0.29) is 11.7 Å². The van der Waals surface area contributed by atoms with Crippen LogP contribution in [0.5, 0.6) is 17.2 Å².